The third-order valence-electron chi connectivity index (χ3n) is 3.56. The summed E-state index contributed by atoms with van der Waals surface area (Å²) < 4.78 is 5.39. The van der Waals surface area contributed by atoms with E-state index in [1.54, 1.807) is 4.90 Å². The van der Waals surface area contributed by atoms with E-state index in [9.17, 15) is 4.79 Å². The van der Waals surface area contributed by atoms with Crippen LogP contribution in [0.4, 0.5) is 4.79 Å². The van der Waals surface area contributed by atoms with Gasteiger partial charge in [0.1, 0.15) is 5.60 Å². The number of ether oxygens (including phenoxy) is 1. The molecule has 0 aromatic heterocycles. The van der Waals surface area contributed by atoms with E-state index >= 15 is 0 Å². The number of nitrogens with one attached hydrogen (secondary N) is 1. The summed E-state index contributed by atoms with van der Waals surface area (Å²) in [6.07, 6.45) is 5.21. The molecular formula is C16H30N2O2. The smallest absolute Gasteiger partial charge is 0.410 e. The number of rotatable bonds is 5. The van der Waals surface area contributed by atoms with E-state index < -0.39 is 5.60 Å². The van der Waals surface area contributed by atoms with Crippen LogP contribution in [0.1, 0.15) is 53.9 Å². The lowest BCUT2D eigenvalue weighted by Gasteiger charge is -2.30. The normalized spacial score (nSPS) is 16.3. The van der Waals surface area contributed by atoms with Crippen LogP contribution < -0.4 is 5.32 Å². The van der Waals surface area contributed by atoms with Gasteiger partial charge in [-0.25, -0.2) is 4.79 Å². The van der Waals surface area contributed by atoms with Crippen LogP contribution in [0, 0.1) is 0 Å². The van der Waals surface area contributed by atoms with Crippen LogP contribution in [0.25, 0.3) is 0 Å². The third-order valence-corrected chi connectivity index (χ3v) is 3.56. The number of carbonyl (C=O) groups excluding carboxylic acids is 1. The van der Waals surface area contributed by atoms with Crippen molar-refractivity contribution in [3.05, 3.63) is 11.6 Å². The largest absolute Gasteiger partial charge is 0.444 e. The number of hydrogen-bond donors (Lipinski definition) is 1. The van der Waals surface area contributed by atoms with Gasteiger partial charge in [-0.15, -0.1) is 0 Å². The van der Waals surface area contributed by atoms with Crippen molar-refractivity contribution in [1.82, 2.24) is 10.2 Å². The molecule has 0 aromatic carbocycles. The summed E-state index contributed by atoms with van der Waals surface area (Å²) >= 11 is 0. The molecule has 1 amide bonds. The summed E-state index contributed by atoms with van der Waals surface area (Å²) in [5.74, 6) is 0. The molecule has 1 heterocycles. The van der Waals surface area contributed by atoms with E-state index in [1.807, 2.05) is 20.8 Å². The molecule has 4 nitrogen and oxygen atoms in total. The minimum absolute atomic E-state index is 0.208. The number of carbonyl (C=O) groups is 1. The Morgan fingerprint density at radius 1 is 1.40 bits per heavy atom. The van der Waals surface area contributed by atoms with Crippen LogP contribution in [-0.2, 0) is 4.74 Å². The lowest BCUT2D eigenvalue weighted by molar-refractivity contribution is 0.0265. The summed E-state index contributed by atoms with van der Waals surface area (Å²) in [5, 5.41) is 3.57. The first-order valence-electron chi connectivity index (χ1n) is 7.75. The van der Waals surface area contributed by atoms with E-state index in [2.05, 4.69) is 25.2 Å². The van der Waals surface area contributed by atoms with Gasteiger partial charge in [-0.2, -0.15) is 0 Å². The van der Waals surface area contributed by atoms with Gasteiger partial charge in [0.25, 0.3) is 0 Å². The molecule has 0 aromatic rings. The summed E-state index contributed by atoms with van der Waals surface area (Å²) in [6.45, 7) is 12.5. The fraction of sp³-hybridized carbons (Fsp3) is 0.812. The molecule has 1 N–H and O–H groups in total. The van der Waals surface area contributed by atoms with E-state index in [0.29, 0.717) is 12.6 Å². The highest BCUT2D eigenvalue weighted by Gasteiger charge is 2.23. The second-order valence-electron chi connectivity index (χ2n) is 6.43. The average molecular weight is 282 g/mol. The van der Waals surface area contributed by atoms with E-state index in [0.717, 1.165) is 32.4 Å². The Balaban J connectivity index is 2.39. The Labute approximate surface area is 123 Å². The summed E-state index contributed by atoms with van der Waals surface area (Å²) in [6, 6.07) is 0.597. The van der Waals surface area contributed by atoms with Crippen LogP contribution in [0.2, 0.25) is 0 Å². The molecule has 0 unspecified atom stereocenters. The monoisotopic (exact) mass is 282 g/mol. The zero-order valence-corrected chi connectivity index (χ0v) is 13.7. The zero-order valence-electron chi connectivity index (χ0n) is 13.7. The summed E-state index contributed by atoms with van der Waals surface area (Å²) in [7, 11) is 0. The zero-order chi connectivity index (χ0) is 15.2. The Bertz CT molecular complexity index is 341. The maximum absolute atomic E-state index is 11.9. The Morgan fingerprint density at radius 2 is 2.05 bits per heavy atom. The molecule has 0 radical (unpaired) electrons. The van der Waals surface area contributed by atoms with E-state index in [4.69, 9.17) is 4.74 Å². The van der Waals surface area contributed by atoms with Crippen molar-refractivity contribution in [1.29, 1.82) is 0 Å². The molecule has 1 aliphatic rings. The SMILES string of the molecule is CCC(CC)NCC1=CCN(C(=O)OC(C)(C)C)CC1. The predicted molar refractivity (Wildman–Crippen MR) is 82.9 cm³/mol. The molecule has 20 heavy (non-hydrogen) atoms. The first-order chi connectivity index (χ1) is 9.35. The molecule has 0 fully saturated rings. The number of nitrogens with zero attached hydrogens (tertiary/aromatic N) is 1. The molecule has 116 valence electrons. The lowest BCUT2D eigenvalue weighted by atomic mass is 10.1. The summed E-state index contributed by atoms with van der Waals surface area (Å²) in [4.78, 5) is 13.7. The van der Waals surface area contributed by atoms with Gasteiger partial charge in [0.2, 0.25) is 0 Å². The maximum atomic E-state index is 11.9. The van der Waals surface area contributed by atoms with Gasteiger partial charge in [-0.3, -0.25) is 0 Å². The molecule has 0 aliphatic carbocycles. The van der Waals surface area contributed by atoms with E-state index in [1.165, 1.54) is 5.57 Å². The molecule has 0 spiro atoms. The highest BCUT2D eigenvalue weighted by molar-refractivity contribution is 5.68. The maximum Gasteiger partial charge on any atom is 0.410 e. The molecule has 0 saturated carbocycles. The van der Waals surface area contributed by atoms with Gasteiger partial charge < -0.3 is 15.0 Å². The molecule has 0 atom stereocenters. The number of hydrogen-bond acceptors (Lipinski definition) is 3. The highest BCUT2D eigenvalue weighted by Crippen LogP contribution is 2.15. The highest BCUT2D eigenvalue weighted by atomic mass is 16.6. The standard InChI is InChI=1S/C16H30N2O2/c1-6-14(7-2)17-12-13-8-10-18(11-9-13)15(19)20-16(3,4)5/h8,14,17H,6-7,9-12H2,1-5H3. The van der Waals surface area contributed by atoms with Gasteiger partial charge in [-0.05, 0) is 40.0 Å². The number of amides is 1. The fourth-order valence-corrected chi connectivity index (χ4v) is 2.22. The van der Waals surface area contributed by atoms with Crippen molar-refractivity contribution >= 4 is 6.09 Å². The van der Waals surface area contributed by atoms with Crippen molar-refractivity contribution in [2.75, 3.05) is 19.6 Å². The Kier molecular flexibility index (Phi) is 6.53. The first kappa shape index (κ1) is 17.0. The van der Waals surface area contributed by atoms with Gasteiger partial charge in [0.05, 0.1) is 0 Å². The molecule has 4 heteroatoms. The molecule has 0 bridgehead atoms. The van der Waals surface area contributed by atoms with Crippen LogP contribution in [0.15, 0.2) is 11.6 Å². The van der Waals surface area contributed by atoms with Crippen molar-refractivity contribution in [2.45, 2.75) is 65.5 Å². The van der Waals surface area contributed by atoms with Crippen molar-refractivity contribution in [2.24, 2.45) is 0 Å². The second kappa shape index (κ2) is 7.67. The van der Waals surface area contributed by atoms with Crippen LogP contribution in [0.5, 0.6) is 0 Å². The minimum atomic E-state index is -0.419. The summed E-state index contributed by atoms with van der Waals surface area (Å²) in [5.41, 5.74) is 0.981. The minimum Gasteiger partial charge on any atom is -0.444 e. The molecule has 1 aliphatic heterocycles. The quantitative estimate of drug-likeness (QED) is 0.786. The van der Waals surface area contributed by atoms with Crippen molar-refractivity contribution in [3.8, 4) is 0 Å². The Hall–Kier alpha value is -1.03. The van der Waals surface area contributed by atoms with Gasteiger partial charge in [-0.1, -0.05) is 25.5 Å². The third kappa shape index (κ3) is 5.95. The topological polar surface area (TPSA) is 41.6 Å². The Morgan fingerprint density at radius 3 is 2.50 bits per heavy atom. The first-order valence-corrected chi connectivity index (χ1v) is 7.75. The fourth-order valence-electron chi connectivity index (χ4n) is 2.22. The van der Waals surface area contributed by atoms with Crippen LogP contribution in [-0.4, -0.2) is 42.3 Å². The lowest BCUT2D eigenvalue weighted by Crippen LogP contribution is -2.40. The second-order valence-corrected chi connectivity index (χ2v) is 6.43. The van der Waals surface area contributed by atoms with Crippen molar-refractivity contribution in [3.63, 3.8) is 0 Å². The van der Waals surface area contributed by atoms with Gasteiger partial charge in [0.15, 0.2) is 0 Å². The van der Waals surface area contributed by atoms with Gasteiger partial charge >= 0.3 is 6.09 Å². The predicted octanol–water partition coefficient (Wildman–Crippen LogP) is 3.33. The van der Waals surface area contributed by atoms with Crippen LogP contribution in [0.3, 0.4) is 0 Å². The van der Waals surface area contributed by atoms with Gasteiger partial charge in [0, 0.05) is 25.7 Å². The molecule has 0 saturated heterocycles. The van der Waals surface area contributed by atoms with Crippen LogP contribution >= 0.6 is 0 Å². The average Bonchev–Trinajstić information content (AvgIpc) is 2.38. The molecular weight excluding hydrogens is 252 g/mol. The van der Waals surface area contributed by atoms with E-state index in [-0.39, 0.29) is 6.09 Å². The molecule has 1 rings (SSSR count). The van der Waals surface area contributed by atoms with Crippen molar-refractivity contribution < 1.29 is 9.53 Å².